The number of para-hydroxylation sites is 1. The molecule has 7 heteroatoms. The number of hydrogen-bond donors (Lipinski definition) is 1. The smallest absolute Gasteiger partial charge is 0.292 e. The Labute approximate surface area is 107 Å². The zero-order chi connectivity index (χ0) is 13.0. The van der Waals surface area contributed by atoms with E-state index in [-0.39, 0.29) is 11.4 Å². The first-order valence-corrected chi connectivity index (χ1v) is 6.07. The fourth-order valence-electron chi connectivity index (χ4n) is 1.40. The summed E-state index contributed by atoms with van der Waals surface area (Å²) < 4.78 is 0. The van der Waals surface area contributed by atoms with Crippen molar-refractivity contribution >= 4 is 23.1 Å². The molecule has 0 spiro atoms. The van der Waals surface area contributed by atoms with Crippen LogP contribution < -0.4 is 5.73 Å². The molecule has 0 fully saturated rings. The summed E-state index contributed by atoms with van der Waals surface area (Å²) >= 11 is 1.45. The van der Waals surface area contributed by atoms with Crippen molar-refractivity contribution in [1.29, 1.82) is 0 Å². The second kappa shape index (κ2) is 5.46. The molecule has 1 aromatic heterocycles. The molecule has 92 valence electrons. The molecule has 6 nitrogen and oxygen atoms in total. The molecular formula is C11H10N4O2S. The fourth-order valence-corrected chi connectivity index (χ4v) is 2.23. The predicted molar refractivity (Wildman–Crippen MR) is 69.1 cm³/mol. The lowest BCUT2D eigenvalue weighted by atomic mass is 10.2. The van der Waals surface area contributed by atoms with E-state index in [1.807, 2.05) is 0 Å². The highest BCUT2D eigenvalue weighted by atomic mass is 32.2. The van der Waals surface area contributed by atoms with Gasteiger partial charge in [0.05, 0.1) is 9.95 Å². The molecule has 1 aromatic carbocycles. The molecule has 2 aromatic rings. The Morgan fingerprint density at radius 2 is 2.22 bits per heavy atom. The zero-order valence-corrected chi connectivity index (χ0v) is 10.1. The van der Waals surface area contributed by atoms with Crippen LogP contribution in [0.1, 0.15) is 5.56 Å². The molecule has 0 aliphatic rings. The lowest BCUT2D eigenvalue weighted by molar-refractivity contribution is -0.383. The number of nitrogen functional groups attached to an aromatic ring is 1. The third-order valence-electron chi connectivity index (χ3n) is 2.30. The molecule has 0 aliphatic heterocycles. The van der Waals surface area contributed by atoms with Crippen LogP contribution in [0.5, 0.6) is 0 Å². The van der Waals surface area contributed by atoms with E-state index in [4.69, 9.17) is 5.73 Å². The van der Waals surface area contributed by atoms with Crippen molar-refractivity contribution in [3.8, 4) is 0 Å². The number of benzene rings is 1. The van der Waals surface area contributed by atoms with E-state index < -0.39 is 4.92 Å². The standard InChI is InChI=1S/C11H10N4O2S/c12-11-8(2-1-3-9(11)15(16)17)6-18-10-4-5-13-7-14-10/h1-5,7H,6,12H2. The molecule has 18 heavy (non-hydrogen) atoms. The first kappa shape index (κ1) is 12.3. The molecule has 0 atom stereocenters. The Balaban J connectivity index is 2.15. The molecule has 0 aliphatic carbocycles. The van der Waals surface area contributed by atoms with E-state index in [2.05, 4.69) is 9.97 Å². The summed E-state index contributed by atoms with van der Waals surface area (Å²) in [4.78, 5) is 18.1. The van der Waals surface area contributed by atoms with Crippen LogP contribution in [0.2, 0.25) is 0 Å². The van der Waals surface area contributed by atoms with Crippen molar-refractivity contribution in [1.82, 2.24) is 9.97 Å². The minimum Gasteiger partial charge on any atom is -0.393 e. The lowest BCUT2D eigenvalue weighted by Crippen LogP contribution is -1.99. The second-order valence-corrected chi connectivity index (χ2v) is 4.44. The molecular weight excluding hydrogens is 252 g/mol. The minimum atomic E-state index is -0.478. The number of rotatable bonds is 4. The molecule has 1 heterocycles. The summed E-state index contributed by atoms with van der Waals surface area (Å²) in [7, 11) is 0. The summed E-state index contributed by atoms with van der Waals surface area (Å²) in [5.41, 5.74) is 6.64. The largest absolute Gasteiger partial charge is 0.393 e. The quantitative estimate of drug-likeness (QED) is 0.298. The van der Waals surface area contributed by atoms with Gasteiger partial charge in [0.2, 0.25) is 0 Å². The van der Waals surface area contributed by atoms with Gasteiger partial charge < -0.3 is 5.73 Å². The molecule has 0 radical (unpaired) electrons. The van der Waals surface area contributed by atoms with Gasteiger partial charge in [-0.05, 0) is 11.6 Å². The van der Waals surface area contributed by atoms with E-state index in [0.717, 1.165) is 10.6 Å². The second-order valence-electron chi connectivity index (χ2n) is 3.44. The average Bonchev–Trinajstić information content (AvgIpc) is 2.38. The van der Waals surface area contributed by atoms with E-state index in [1.165, 1.54) is 24.2 Å². The summed E-state index contributed by atoms with van der Waals surface area (Å²) in [5, 5.41) is 11.5. The van der Waals surface area contributed by atoms with Crippen LogP contribution in [0, 0.1) is 10.1 Å². The van der Waals surface area contributed by atoms with Crippen molar-refractivity contribution in [2.24, 2.45) is 0 Å². The van der Waals surface area contributed by atoms with Gasteiger partial charge in [0.25, 0.3) is 5.69 Å². The third-order valence-corrected chi connectivity index (χ3v) is 3.29. The Morgan fingerprint density at radius 1 is 1.39 bits per heavy atom. The fraction of sp³-hybridized carbons (Fsp3) is 0.0909. The van der Waals surface area contributed by atoms with E-state index in [9.17, 15) is 10.1 Å². The highest BCUT2D eigenvalue weighted by Gasteiger charge is 2.14. The van der Waals surface area contributed by atoms with Crippen molar-refractivity contribution in [2.45, 2.75) is 10.8 Å². The van der Waals surface area contributed by atoms with Crippen LogP contribution in [-0.2, 0) is 5.75 Å². The van der Waals surface area contributed by atoms with Crippen LogP contribution in [0.25, 0.3) is 0 Å². The van der Waals surface area contributed by atoms with E-state index in [0.29, 0.717) is 5.75 Å². The minimum absolute atomic E-state index is 0.0595. The van der Waals surface area contributed by atoms with Crippen molar-refractivity contribution < 1.29 is 4.92 Å². The van der Waals surface area contributed by atoms with Crippen molar-refractivity contribution in [3.63, 3.8) is 0 Å². The Bertz CT molecular complexity index is 562. The van der Waals surface area contributed by atoms with Gasteiger partial charge in [-0.25, -0.2) is 9.97 Å². The maximum atomic E-state index is 10.7. The average molecular weight is 262 g/mol. The summed E-state index contributed by atoms with van der Waals surface area (Å²) in [6.07, 6.45) is 3.10. The molecule has 2 N–H and O–H groups in total. The zero-order valence-electron chi connectivity index (χ0n) is 9.31. The molecule has 0 saturated carbocycles. The lowest BCUT2D eigenvalue weighted by Gasteiger charge is -2.05. The van der Waals surface area contributed by atoms with Gasteiger partial charge in [0, 0.05) is 18.0 Å². The van der Waals surface area contributed by atoms with Crippen molar-refractivity contribution in [2.75, 3.05) is 5.73 Å². The first-order valence-electron chi connectivity index (χ1n) is 5.09. The van der Waals surface area contributed by atoms with Gasteiger partial charge in [-0.15, -0.1) is 11.8 Å². The topological polar surface area (TPSA) is 94.9 Å². The molecule has 0 unspecified atom stereocenters. The molecule has 2 rings (SSSR count). The van der Waals surface area contributed by atoms with Gasteiger partial charge in [0.15, 0.2) is 0 Å². The van der Waals surface area contributed by atoms with Crippen LogP contribution in [0.15, 0.2) is 41.8 Å². The number of thioether (sulfide) groups is 1. The number of nitrogens with zero attached hydrogens (tertiary/aromatic N) is 3. The highest BCUT2D eigenvalue weighted by molar-refractivity contribution is 7.98. The van der Waals surface area contributed by atoms with Crippen LogP contribution in [-0.4, -0.2) is 14.9 Å². The third kappa shape index (κ3) is 2.75. The maximum absolute atomic E-state index is 10.7. The SMILES string of the molecule is Nc1c(CSc2ccncn2)cccc1[N+](=O)[O-]. The Morgan fingerprint density at radius 3 is 2.89 bits per heavy atom. The van der Waals surface area contributed by atoms with Crippen LogP contribution in [0.4, 0.5) is 11.4 Å². The van der Waals surface area contributed by atoms with E-state index in [1.54, 1.807) is 24.4 Å². The molecule has 0 amide bonds. The van der Waals surface area contributed by atoms with Crippen LogP contribution >= 0.6 is 11.8 Å². The van der Waals surface area contributed by atoms with Gasteiger partial charge in [-0.1, -0.05) is 12.1 Å². The van der Waals surface area contributed by atoms with Gasteiger partial charge in [-0.2, -0.15) is 0 Å². The Hall–Kier alpha value is -2.15. The number of nitro groups is 1. The van der Waals surface area contributed by atoms with Gasteiger partial charge >= 0.3 is 0 Å². The maximum Gasteiger partial charge on any atom is 0.292 e. The van der Waals surface area contributed by atoms with Gasteiger partial charge in [0.1, 0.15) is 12.0 Å². The molecule has 0 saturated heterocycles. The van der Waals surface area contributed by atoms with Gasteiger partial charge in [-0.3, -0.25) is 10.1 Å². The van der Waals surface area contributed by atoms with E-state index >= 15 is 0 Å². The predicted octanol–water partition coefficient (Wildman–Crippen LogP) is 2.26. The summed E-state index contributed by atoms with van der Waals surface area (Å²) in [6.45, 7) is 0. The summed E-state index contributed by atoms with van der Waals surface area (Å²) in [5.74, 6) is 0.532. The number of nitro benzene ring substituents is 1. The van der Waals surface area contributed by atoms with Crippen LogP contribution in [0.3, 0.4) is 0 Å². The molecule has 0 bridgehead atoms. The monoisotopic (exact) mass is 262 g/mol. The number of nitrogens with two attached hydrogens (primary N) is 1. The number of aromatic nitrogens is 2. The Kier molecular flexibility index (Phi) is 3.73. The van der Waals surface area contributed by atoms with Crippen molar-refractivity contribution in [3.05, 3.63) is 52.5 Å². The highest BCUT2D eigenvalue weighted by Crippen LogP contribution is 2.29. The summed E-state index contributed by atoms with van der Waals surface area (Å²) in [6, 6.07) is 6.58. The number of anilines is 1. The normalized spacial score (nSPS) is 10.2. The first-order chi connectivity index (χ1) is 8.68. The number of hydrogen-bond acceptors (Lipinski definition) is 6.